The van der Waals surface area contributed by atoms with Crippen LogP contribution in [0.2, 0.25) is 10.0 Å². The maximum atomic E-state index is 12.7. The molecular formula is C20H16Cl2N2O5. The monoisotopic (exact) mass is 434 g/mol. The molecule has 0 aliphatic carbocycles. The Balaban J connectivity index is 1.90. The van der Waals surface area contributed by atoms with Crippen molar-refractivity contribution in [2.75, 3.05) is 12.5 Å². The Labute approximate surface area is 175 Å². The Hall–Kier alpha value is -3.03. The summed E-state index contributed by atoms with van der Waals surface area (Å²) in [6.45, 7) is 1.49. The summed E-state index contributed by atoms with van der Waals surface area (Å²) in [5.41, 5.74) is 2.07. The van der Waals surface area contributed by atoms with Gasteiger partial charge in [-0.15, -0.1) is 0 Å². The molecule has 2 aromatic carbocycles. The van der Waals surface area contributed by atoms with Gasteiger partial charge in [-0.3, -0.25) is 15.0 Å². The molecule has 1 atom stereocenters. The van der Waals surface area contributed by atoms with E-state index < -0.39 is 23.5 Å². The lowest BCUT2D eigenvalue weighted by Gasteiger charge is -2.17. The zero-order valence-corrected chi connectivity index (χ0v) is 17.0. The molecule has 0 unspecified atom stereocenters. The first-order valence-corrected chi connectivity index (χ1v) is 9.22. The summed E-state index contributed by atoms with van der Waals surface area (Å²) in [5, 5.41) is 1.35. The lowest BCUT2D eigenvalue weighted by Crippen LogP contribution is -2.40. The number of nitrogens with zero attached hydrogens (tertiary/aromatic N) is 1. The van der Waals surface area contributed by atoms with E-state index >= 15 is 0 Å². The van der Waals surface area contributed by atoms with Gasteiger partial charge >= 0.3 is 5.97 Å². The van der Waals surface area contributed by atoms with Gasteiger partial charge in [0.25, 0.3) is 11.5 Å². The fraction of sp³-hybridized carbons (Fsp3) is 0.150. The lowest BCUT2D eigenvalue weighted by atomic mass is 10.1. The van der Waals surface area contributed by atoms with E-state index in [4.69, 9.17) is 32.7 Å². The van der Waals surface area contributed by atoms with Crippen molar-refractivity contribution in [1.82, 2.24) is 4.68 Å². The molecule has 0 fully saturated rings. The number of nitrogens with one attached hydrogen (secondary N) is 1. The van der Waals surface area contributed by atoms with Gasteiger partial charge in [0.05, 0.1) is 17.7 Å². The number of hydrogen-bond acceptors (Lipinski definition) is 5. The van der Waals surface area contributed by atoms with Crippen LogP contribution in [0.1, 0.15) is 17.3 Å². The van der Waals surface area contributed by atoms with Crippen LogP contribution in [0.15, 0.2) is 53.5 Å². The summed E-state index contributed by atoms with van der Waals surface area (Å²) in [4.78, 5) is 37.4. The third-order valence-electron chi connectivity index (χ3n) is 4.13. The van der Waals surface area contributed by atoms with Crippen molar-refractivity contribution in [3.63, 3.8) is 0 Å². The third-order valence-corrected chi connectivity index (χ3v) is 4.66. The van der Waals surface area contributed by atoms with Crippen molar-refractivity contribution >= 4 is 45.9 Å². The average molecular weight is 435 g/mol. The standard InChI is InChI=1S/C20H16Cl2N2O5/c1-11(29-17-8-7-12(21)9-16(17)22)18(25)23-24-10-15(20(27)28-2)13-5-3-4-6-14(13)19(24)26/h3-11H,1-2H3,(H,23,25)/t11-/m0/s1. The fourth-order valence-corrected chi connectivity index (χ4v) is 3.12. The Morgan fingerprint density at radius 1 is 1.10 bits per heavy atom. The smallest absolute Gasteiger partial charge is 0.340 e. The second-order valence-corrected chi connectivity index (χ2v) is 6.91. The first-order valence-electron chi connectivity index (χ1n) is 8.47. The molecule has 150 valence electrons. The molecule has 1 amide bonds. The van der Waals surface area contributed by atoms with Gasteiger partial charge in [0.2, 0.25) is 0 Å². The molecule has 0 saturated carbocycles. The molecule has 1 heterocycles. The molecule has 1 N–H and O–H groups in total. The van der Waals surface area contributed by atoms with E-state index in [1.807, 2.05) is 0 Å². The SMILES string of the molecule is COC(=O)c1cn(NC(=O)[C@H](C)Oc2ccc(Cl)cc2Cl)c(=O)c2ccccc12. The number of carbonyl (C=O) groups excluding carboxylic acids is 2. The van der Waals surface area contributed by atoms with E-state index in [1.54, 1.807) is 30.3 Å². The molecule has 3 rings (SSSR count). The Morgan fingerprint density at radius 3 is 2.45 bits per heavy atom. The number of carbonyl (C=O) groups is 2. The summed E-state index contributed by atoms with van der Waals surface area (Å²) in [6, 6.07) is 11.1. The van der Waals surface area contributed by atoms with Crippen LogP contribution in [0.3, 0.4) is 0 Å². The van der Waals surface area contributed by atoms with Crippen molar-refractivity contribution in [1.29, 1.82) is 0 Å². The van der Waals surface area contributed by atoms with Gasteiger partial charge in [0.15, 0.2) is 6.10 Å². The molecule has 1 aromatic heterocycles. The minimum absolute atomic E-state index is 0.136. The van der Waals surface area contributed by atoms with Crippen LogP contribution < -0.4 is 15.7 Å². The van der Waals surface area contributed by atoms with Crippen LogP contribution in [0.25, 0.3) is 10.8 Å². The number of methoxy groups -OCH3 is 1. The van der Waals surface area contributed by atoms with Crippen molar-refractivity contribution in [3.05, 3.63) is 74.6 Å². The van der Waals surface area contributed by atoms with E-state index in [-0.39, 0.29) is 21.7 Å². The van der Waals surface area contributed by atoms with Gasteiger partial charge in [-0.2, -0.15) is 0 Å². The second kappa shape index (κ2) is 8.55. The maximum Gasteiger partial charge on any atom is 0.340 e. The van der Waals surface area contributed by atoms with E-state index in [1.165, 1.54) is 32.4 Å². The average Bonchev–Trinajstić information content (AvgIpc) is 2.71. The van der Waals surface area contributed by atoms with Crippen LogP contribution in [-0.2, 0) is 9.53 Å². The van der Waals surface area contributed by atoms with Gasteiger partial charge in [0.1, 0.15) is 5.75 Å². The number of pyridine rings is 1. The molecule has 0 aliphatic rings. The van der Waals surface area contributed by atoms with Crippen LogP contribution in [-0.4, -0.2) is 29.8 Å². The Morgan fingerprint density at radius 2 is 1.79 bits per heavy atom. The molecule has 0 aliphatic heterocycles. The maximum absolute atomic E-state index is 12.7. The number of amides is 1. The molecule has 0 spiro atoms. The van der Waals surface area contributed by atoms with Crippen LogP contribution >= 0.6 is 23.2 Å². The van der Waals surface area contributed by atoms with Gasteiger partial charge < -0.3 is 9.47 Å². The van der Waals surface area contributed by atoms with E-state index in [0.717, 1.165) is 4.68 Å². The minimum atomic E-state index is -0.992. The molecule has 7 nitrogen and oxygen atoms in total. The normalized spacial score (nSPS) is 11.7. The fourth-order valence-electron chi connectivity index (χ4n) is 2.67. The van der Waals surface area contributed by atoms with E-state index in [0.29, 0.717) is 10.4 Å². The topological polar surface area (TPSA) is 86.6 Å². The molecular weight excluding hydrogens is 419 g/mol. The first-order chi connectivity index (χ1) is 13.8. The largest absolute Gasteiger partial charge is 0.479 e. The number of fused-ring (bicyclic) bond motifs is 1. The van der Waals surface area contributed by atoms with E-state index in [2.05, 4.69) is 5.43 Å². The number of esters is 1. The summed E-state index contributed by atoms with van der Waals surface area (Å²) >= 11 is 11.9. The van der Waals surface area contributed by atoms with Crippen molar-refractivity contribution in [3.8, 4) is 5.75 Å². The zero-order chi connectivity index (χ0) is 21.1. The van der Waals surface area contributed by atoms with E-state index in [9.17, 15) is 14.4 Å². The number of rotatable bonds is 5. The molecule has 0 saturated heterocycles. The van der Waals surface area contributed by atoms with Gasteiger partial charge in [-0.25, -0.2) is 9.47 Å². The van der Waals surface area contributed by atoms with Crippen molar-refractivity contribution < 1.29 is 19.1 Å². The number of ether oxygens (including phenoxy) is 2. The number of aromatic nitrogens is 1. The molecule has 3 aromatic rings. The second-order valence-electron chi connectivity index (χ2n) is 6.07. The van der Waals surface area contributed by atoms with Gasteiger partial charge in [-0.1, -0.05) is 41.4 Å². The molecule has 9 heteroatoms. The van der Waals surface area contributed by atoms with Crippen molar-refractivity contribution in [2.45, 2.75) is 13.0 Å². The molecule has 29 heavy (non-hydrogen) atoms. The minimum Gasteiger partial charge on any atom is -0.479 e. The van der Waals surface area contributed by atoms with Crippen LogP contribution in [0.5, 0.6) is 5.75 Å². The van der Waals surface area contributed by atoms with Gasteiger partial charge in [0, 0.05) is 22.0 Å². The zero-order valence-electron chi connectivity index (χ0n) is 15.4. The highest BCUT2D eigenvalue weighted by molar-refractivity contribution is 6.35. The summed E-state index contributed by atoms with van der Waals surface area (Å²) in [6.07, 6.45) is 0.227. The molecule has 0 bridgehead atoms. The number of hydrogen-bond donors (Lipinski definition) is 1. The quantitative estimate of drug-likeness (QED) is 0.619. The van der Waals surface area contributed by atoms with Crippen LogP contribution in [0, 0.1) is 0 Å². The number of benzene rings is 2. The molecule has 0 radical (unpaired) electrons. The number of halogens is 2. The third kappa shape index (κ3) is 4.36. The highest BCUT2D eigenvalue weighted by Gasteiger charge is 2.20. The summed E-state index contributed by atoms with van der Waals surface area (Å²) < 4.78 is 11.3. The first kappa shape index (κ1) is 20.7. The Kier molecular flexibility index (Phi) is 6.10. The van der Waals surface area contributed by atoms with Crippen molar-refractivity contribution in [2.24, 2.45) is 0 Å². The lowest BCUT2D eigenvalue weighted by molar-refractivity contribution is -0.123. The summed E-state index contributed by atoms with van der Waals surface area (Å²) in [7, 11) is 1.23. The van der Waals surface area contributed by atoms with Crippen LogP contribution in [0.4, 0.5) is 0 Å². The highest BCUT2D eigenvalue weighted by atomic mass is 35.5. The van der Waals surface area contributed by atoms with Gasteiger partial charge in [-0.05, 0) is 31.2 Å². The predicted octanol–water partition coefficient (Wildman–Crippen LogP) is 3.63. The highest BCUT2D eigenvalue weighted by Crippen LogP contribution is 2.28. The summed E-state index contributed by atoms with van der Waals surface area (Å²) in [5.74, 6) is -0.995. The Bertz CT molecular complexity index is 1160. The predicted molar refractivity (Wildman–Crippen MR) is 110 cm³/mol.